The maximum Gasteiger partial charge on any atom is 0.326 e. The summed E-state index contributed by atoms with van der Waals surface area (Å²) in [6.07, 6.45) is 0.636. The molecule has 0 aliphatic heterocycles. The fourth-order valence-electron chi connectivity index (χ4n) is 1.47. The lowest BCUT2D eigenvalue weighted by molar-refractivity contribution is -0.140. The normalized spacial score (nSPS) is 13.3. The Labute approximate surface area is 113 Å². The summed E-state index contributed by atoms with van der Waals surface area (Å²) in [4.78, 5) is 35.3. The van der Waals surface area contributed by atoms with Gasteiger partial charge < -0.3 is 20.6 Å². The lowest BCUT2D eigenvalue weighted by Crippen LogP contribution is -2.51. The molecule has 0 aromatic heterocycles. The topological polar surface area (TPSA) is 98.7 Å². The number of likely N-dealkylation sites (N-methyl/N-ethyl adjacent to an activating group) is 2. The molecular formula is C12H23N3O4. The molecule has 0 radical (unpaired) electrons. The van der Waals surface area contributed by atoms with E-state index in [1.54, 1.807) is 13.8 Å². The van der Waals surface area contributed by atoms with E-state index in [1.165, 1.54) is 7.05 Å². The minimum absolute atomic E-state index is 0.105. The molecule has 1 unspecified atom stereocenters. The number of urea groups is 1. The predicted molar refractivity (Wildman–Crippen MR) is 70.7 cm³/mol. The number of amides is 3. The van der Waals surface area contributed by atoms with Crippen molar-refractivity contribution >= 4 is 17.9 Å². The number of nitrogens with zero attached hydrogens (tertiary/aromatic N) is 1. The maximum absolute atomic E-state index is 11.8. The van der Waals surface area contributed by atoms with Crippen LogP contribution in [0.25, 0.3) is 0 Å². The van der Waals surface area contributed by atoms with Crippen LogP contribution >= 0.6 is 0 Å². The number of carbonyl (C=O) groups is 3. The van der Waals surface area contributed by atoms with Crippen molar-refractivity contribution < 1.29 is 19.5 Å². The van der Waals surface area contributed by atoms with Crippen LogP contribution in [0.15, 0.2) is 0 Å². The van der Waals surface area contributed by atoms with Crippen molar-refractivity contribution in [3.05, 3.63) is 0 Å². The van der Waals surface area contributed by atoms with Gasteiger partial charge in [0.15, 0.2) is 0 Å². The fraction of sp³-hybridized carbons (Fsp3) is 0.750. The number of carboxylic acid groups (broad SMARTS) is 1. The van der Waals surface area contributed by atoms with Crippen molar-refractivity contribution in [3.8, 4) is 0 Å². The fourth-order valence-corrected chi connectivity index (χ4v) is 1.47. The Morgan fingerprint density at radius 1 is 1.26 bits per heavy atom. The first-order valence-electron chi connectivity index (χ1n) is 6.34. The van der Waals surface area contributed by atoms with Gasteiger partial charge in [0.05, 0.1) is 0 Å². The third kappa shape index (κ3) is 6.08. The molecule has 2 atom stereocenters. The molecule has 0 aliphatic carbocycles. The highest BCUT2D eigenvalue weighted by atomic mass is 16.4. The van der Waals surface area contributed by atoms with Gasteiger partial charge in [-0.1, -0.05) is 20.3 Å². The Bertz CT molecular complexity index is 333. The van der Waals surface area contributed by atoms with Gasteiger partial charge in [0.2, 0.25) is 5.91 Å². The first kappa shape index (κ1) is 17.2. The molecule has 3 N–H and O–H groups in total. The molecule has 0 spiro atoms. The van der Waals surface area contributed by atoms with Gasteiger partial charge in [0, 0.05) is 13.6 Å². The summed E-state index contributed by atoms with van der Waals surface area (Å²) >= 11 is 0. The van der Waals surface area contributed by atoms with Gasteiger partial charge in [-0.25, -0.2) is 9.59 Å². The summed E-state index contributed by atoms with van der Waals surface area (Å²) in [5.74, 6) is -1.54. The Hall–Kier alpha value is -1.79. The van der Waals surface area contributed by atoms with Crippen molar-refractivity contribution in [1.82, 2.24) is 15.5 Å². The molecule has 0 bridgehead atoms. The zero-order valence-electron chi connectivity index (χ0n) is 11.9. The van der Waals surface area contributed by atoms with Gasteiger partial charge in [-0.3, -0.25) is 4.79 Å². The Kier molecular flexibility index (Phi) is 7.55. The SMILES string of the molecule is CCNC(=O)CN(C)C(=O)N[C@H](C(=O)O)C(C)CC. The number of rotatable bonds is 7. The minimum Gasteiger partial charge on any atom is -0.480 e. The summed E-state index contributed by atoms with van der Waals surface area (Å²) in [6.45, 7) is 5.76. The highest BCUT2D eigenvalue weighted by Crippen LogP contribution is 2.08. The van der Waals surface area contributed by atoms with Gasteiger partial charge in [0.1, 0.15) is 12.6 Å². The maximum atomic E-state index is 11.8. The van der Waals surface area contributed by atoms with Crippen LogP contribution in [0.2, 0.25) is 0 Å². The molecule has 0 rings (SSSR count). The number of hydrogen-bond donors (Lipinski definition) is 3. The smallest absolute Gasteiger partial charge is 0.326 e. The molecule has 7 nitrogen and oxygen atoms in total. The van der Waals surface area contributed by atoms with E-state index in [2.05, 4.69) is 10.6 Å². The molecule has 0 aliphatic rings. The van der Waals surface area contributed by atoms with E-state index in [-0.39, 0.29) is 18.4 Å². The number of carbonyl (C=O) groups excluding carboxylic acids is 2. The predicted octanol–water partition coefficient (Wildman–Crippen LogP) is 0.263. The quantitative estimate of drug-likeness (QED) is 0.619. The minimum atomic E-state index is -1.07. The monoisotopic (exact) mass is 273 g/mol. The average Bonchev–Trinajstić information content (AvgIpc) is 2.34. The number of aliphatic carboxylic acids is 1. The Morgan fingerprint density at radius 2 is 1.84 bits per heavy atom. The van der Waals surface area contributed by atoms with Crippen LogP contribution < -0.4 is 10.6 Å². The molecule has 3 amide bonds. The average molecular weight is 273 g/mol. The van der Waals surface area contributed by atoms with Crippen molar-refractivity contribution in [1.29, 1.82) is 0 Å². The van der Waals surface area contributed by atoms with Crippen LogP contribution in [0.3, 0.4) is 0 Å². The third-order valence-electron chi connectivity index (χ3n) is 2.86. The summed E-state index contributed by atoms with van der Waals surface area (Å²) in [6, 6.07) is -1.52. The molecule has 0 aromatic carbocycles. The molecule has 0 fully saturated rings. The Morgan fingerprint density at radius 3 is 2.26 bits per heavy atom. The van der Waals surface area contributed by atoms with Crippen LogP contribution in [0, 0.1) is 5.92 Å². The summed E-state index contributed by atoms with van der Waals surface area (Å²) in [5, 5.41) is 14.0. The van der Waals surface area contributed by atoms with Crippen LogP contribution in [-0.4, -0.2) is 54.1 Å². The summed E-state index contributed by atoms with van der Waals surface area (Å²) in [7, 11) is 1.44. The second-order valence-electron chi connectivity index (χ2n) is 4.46. The lowest BCUT2D eigenvalue weighted by atomic mass is 9.99. The van der Waals surface area contributed by atoms with E-state index in [0.29, 0.717) is 13.0 Å². The van der Waals surface area contributed by atoms with Crippen molar-refractivity contribution in [2.45, 2.75) is 33.2 Å². The molecule has 0 saturated carbocycles. The second-order valence-corrected chi connectivity index (χ2v) is 4.46. The number of hydrogen-bond acceptors (Lipinski definition) is 3. The summed E-state index contributed by atoms with van der Waals surface area (Å²) in [5.41, 5.74) is 0. The summed E-state index contributed by atoms with van der Waals surface area (Å²) < 4.78 is 0. The van der Waals surface area contributed by atoms with Crippen molar-refractivity contribution in [3.63, 3.8) is 0 Å². The van der Waals surface area contributed by atoms with Crippen molar-refractivity contribution in [2.24, 2.45) is 5.92 Å². The van der Waals surface area contributed by atoms with E-state index in [0.717, 1.165) is 4.90 Å². The third-order valence-corrected chi connectivity index (χ3v) is 2.86. The van der Waals surface area contributed by atoms with E-state index in [1.807, 2.05) is 6.92 Å². The van der Waals surface area contributed by atoms with Crippen LogP contribution in [0.1, 0.15) is 27.2 Å². The molecule has 110 valence electrons. The second kappa shape index (κ2) is 8.34. The van der Waals surface area contributed by atoms with Gasteiger partial charge in [-0.05, 0) is 12.8 Å². The standard InChI is InChI=1S/C12H23N3O4/c1-5-8(3)10(11(17)18)14-12(19)15(4)7-9(16)13-6-2/h8,10H,5-7H2,1-4H3,(H,13,16)(H,14,19)(H,17,18)/t8?,10-/m0/s1. The van der Waals surface area contributed by atoms with Gasteiger partial charge >= 0.3 is 12.0 Å². The number of nitrogens with one attached hydrogen (secondary N) is 2. The van der Waals surface area contributed by atoms with Gasteiger partial charge in [0.25, 0.3) is 0 Å². The largest absolute Gasteiger partial charge is 0.480 e. The molecule has 0 aromatic rings. The van der Waals surface area contributed by atoms with Gasteiger partial charge in [-0.2, -0.15) is 0 Å². The zero-order chi connectivity index (χ0) is 15.0. The van der Waals surface area contributed by atoms with Crippen LogP contribution in [0.4, 0.5) is 4.79 Å². The van der Waals surface area contributed by atoms with E-state index in [4.69, 9.17) is 5.11 Å². The highest BCUT2D eigenvalue weighted by Gasteiger charge is 2.26. The highest BCUT2D eigenvalue weighted by molar-refractivity contribution is 5.86. The first-order chi connectivity index (χ1) is 8.83. The Balaban J connectivity index is 4.47. The van der Waals surface area contributed by atoms with E-state index in [9.17, 15) is 14.4 Å². The van der Waals surface area contributed by atoms with Crippen LogP contribution in [-0.2, 0) is 9.59 Å². The zero-order valence-corrected chi connectivity index (χ0v) is 11.9. The lowest BCUT2D eigenvalue weighted by Gasteiger charge is -2.24. The van der Waals surface area contributed by atoms with Crippen LogP contribution in [0.5, 0.6) is 0 Å². The van der Waals surface area contributed by atoms with Gasteiger partial charge in [-0.15, -0.1) is 0 Å². The molecule has 0 heterocycles. The molecule has 7 heteroatoms. The van der Waals surface area contributed by atoms with E-state index < -0.39 is 18.0 Å². The van der Waals surface area contributed by atoms with Crippen molar-refractivity contribution in [2.75, 3.05) is 20.1 Å². The number of carboxylic acids is 1. The van der Waals surface area contributed by atoms with E-state index >= 15 is 0 Å². The molecular weight excluding hydrogens is 250 g/mol. The molecule has 0 saturated heterocycles. The first-order valence-corrected chi connectivity index (χ1v) is 6.34. The molecule has 19 heavy (non-hydrogen) atoms.